The first-order valence-electron chi connectivity index (χ1n) is 6.29. The van der Waals surface area contributed by atoms with Crippen LogP contribution in [0.15, 0.2) is 18.2 Å². The molecule has 6 nitrogen and oxygen atoms in total. The van der Waals surface area contributed by atoms with Crippen LogP contribution >= 0.6 is 0 Å². The Morgan fingerprint density at radius 2 is 2.05 bits per heavy atom. The lowest BCUT2D eigenvalue weighted by Gasteiger charge is -2.02. The summed E-state index contributed by atoms with van der Waals surface area (Å²) < 4.78 is 34.4. The standard InChI is InChI=1S/C13H14O6S/c1-2-20(16,17)12-10(11(12)13(14)15)7-3-4-8-9(5-7)19-6-18-8/h3-5,10-12H,2,6H2,1H3,(H,14,15). The minimum Gasteiger partial charge on any atom is -0.481 e. The minimum absolute atomic E-state index is 0.0531. The van der Waals surface area contributed by atoms with Gasteiger partial charge < -0.3 is 14.6 Å². The Hall–Kier alpha value is -1.76. The lowest BCUT2D eigenvalue weighted by atomic mass is 10.1. The summed E-state index contributed by atoms with van der Waals surface area (Å²) in [6.45, 7) is 1.66. The van der Waals surface area contributed by atoms with Crippen LogP contribution in [0.4, 0.5) is 0 Å². The van der Waals surface area contributed by atoms with Crippen LogP contribution in [-0.4, -0.2) is 37.3 Å². The Balaban J connectivity index is 1.95. The van der Waals surface area contributed by atoms with E-state index >= 15 is 0 Å². The highest BCUT2D eigenvalue weighted by molar-refractivity contribution is 7.92. The highest BCUT2D eigenvalue weighted by Crippen LogP contribution is 2.54. The van der Waals surface area contributed by atoms with Crippen LogP contribution in [0.5, 0.6) is 11.5 Å². The van der Waals surface area contributed by atoms with Gasteiger partial charge in [0.25, 0.3) is 0 Å². The third-order valence-electron chi connectivity index (χ3n) is 3.84. The third-order valence-corrected chi connectivity index (χ3v) is 6.06. The van der Waals surface area contributed by atoms with Crippen LogP contribution in [0.2, 0.25) is 0 Å². The van der Waals surface area contributed by atoms with Gasteiger partial charge in [-0.15, -0.1) is 0 Å². The summed E-state index contributed by atoms with van der Waals surface area (Å²) in [5, 5.41) is 8.35. The molecule has 3 unspecified atom stereocenters. The van der Waals surface area contributed by atoms with E-state index in [1.807, 2.05) is 0 Å². The summed E-state index contributed by atoms with van der Waals surface area (Å²) in [7, 11) is -3.38. The zero-order valence-electron chi connectivity index (χ0n) is 10.8. The van der Waals surface area contributed by atoms with Crippen LogP contribution in [0.25, 0.3) is 0 Å². The molecule has 0 amide bonds. The number of aliphatic carboxylic acids is 1. The molecule has 1 heterocycles. The lowest BCUT2D eigenvalue weighted by molar-refractivity contribution is -0.138. The molecule has 1 aliphatic carbocycles. The van der Waals surface area contributed by atoms with Crippen molar-refractivity contribution in [2.24, 2.45) is 5.92 Å². The molecule has 1 aliphatic heterocycles. The van der Waals surface area contributed by atoms with E-state index in [1.54, 1.807) is 18.2 Å². The Bertz CT molecular complexity index is 665. The number of benzene rings is 1. The summed E-state index contributed by atoms with van der Waals surface area (Å²) in [5.74, 6) is -1.38. The van der Waals surface area contributed by atoms with E-state index < -0.39 is 32.9 Å². The van der Waals surface area contributed by atoms with Crippen molar-refractivity contribution in [2.45, 2.75) is 18.1 Å². The smallest absolute Gasteiger partial charge is 0.308 e. The number of hydrogen-bond donors (Lipinski definition) is 1. The number of ether oxygens (including phenoxy) is 2. The van der Waals surface area contributed by atoms with E-state index in [-0.39, 0.29) is 12.5 Å². The summed E-state index contributed by atoms with van der Waals surface area (Å²) in [6.07, 6.45) is 0. The van der Waals surface area contributed by atoms with Crippen molar-refractivity contribution in [3.8, 4) is 11.5 Å². The molecule has 3 atom stereocenters. The van der Waals surface area contributed by atoms with Gasteiger partial charge in [0.2, 0.25) is 6.79 Å². The minimum atomic E-state index is -3.38. The second kappa shape index (κ2) is 4.37. The molecule has 3 rings (SSSR count). The molecule has 108 valence electrons. The number of carboxylic acid groups (broad SMARTS) is 1. The summed E-state index contributed by atoms with van der Waals surface area (Å²) in [6, 6.07) is 5.07. The molecule has 1 aromatic rings. The normalized spacial score (nSPS) is 27.4. The Morgan fingerprint density at radius 1 is 1.35 bits per heavy atom. The van der Waals surface area contributed by atoms with Gasteiger partial charge in [0, 0.05) is 11.7 Å². The lowest BCUT2D eigenvalue weighted by Crippen LogP contribution is -2.14. The zero-order valence-corrected chi connectivity index (χ0v) is 11.6. The van der Waals surface area contributed by atoms with Gasteiger partial charge in [-0.2, -0.15) is 0 Å². The van der Waals surface area contributed by atoms with Gasteiger partial charge in [0.05, 0.1) is 11.2 Å². The molecule has 1 aromatic carbocycles. The molecule has 0 radical (unpaired) electrons. The van der Waals surface area contributed by atoms with E-state index in [2.05, 4.69) is 0 Å². The summed E-state index contributed by atoms with van der Waals surface area (Å²) in [4.78, 5) is 11.2. The maximum Gasteiger partial charge on any atom is 0.308 e. The fraction of sp³-hybridized carbons (Fsp3) is 0.462. The number of rotatable bonds is 4. The van der Waals surface area contributed by atoms with Gasteiger partial charge in [0.15, 0.2) is 21.3 Å². The van der Waals surface area contributed by atoms with Crippen molar-refractivity contribution in [1.29, 1.82) is 0 Å². The highest BCUT2D eigenvalue weighted by Gasteiger charge is 2.62. The van der Waals surface area contributed by atoms with Gasteiger partial charge in [-0.3, -0.25) is 4.79 Å². The van der Waals surface area contributed by atoms with Crippen LogP contribution < -0.4 is 9.47 Å². The predicted octanol–water partition coefficient (Wildman–Crippen LogP) is 1.02. The Morgan fingerprint density at radius 3 is 2.70 bits per heavy atom. The van der Waals surface area contributed by atoms with E-state index in [4.69, 9.17) is 9.47 Å². The average Bonchev–Trinajstić information content (AvgIpc) is 3.02. The predicted molar refractivity (Wildman–Crippen MR) is 69.7 cm³/mol. The second-order valence-electron chi connectivity index (χ2n) is 4.92. The van der Waals surface area contributed by atoms with Gasteiger partial charge in [-0.25, -0.2) is 8.42 Å². The molecule has 0 aromatic heterocycles. The van der Waals surface area contributed by atoms with Gasteiger partial charge in [0.1, 0.15) is 0 Å². The number of fused-ring (bicyclic) bond motifs is 1. The first kappa shape index (κ1) is 13.2. The molecule has 1 saturated carbocycles. The summed E-state index contributed by atoms with van der Waals surface area (Å²) in [5.41, 5.74) is 0.670. The zero-order chi connectivity index (χ0) is 14.5. The molecule has 0 bridgehead atoms. The fourth-order valence-electron chi connectivity index (χ4n) is 2.73. The van der Waals surface area contributed by atoms with E-state index in [0.717, 1.165) is 0 Å². The molecule has 0 spiro atoms. The first-order chi connectivity index (χ1) is 9.45. The fourth-order valence-corrected chi connectivity index (χ4v) is 4.53. The molecule has 7 heteroatoms. The van der Waals surface area contributed by atoms with Crippen LogP contribution in [-0.2, 0) is 14.6 Å². The second-order valence-corrected chi connectivity index (χ2v) is 7.37. The maximum atomic E-state index is 12.0. The van der Waals surface area contributed by atoms with Crippen molar-refractivity contribution in [1.82, 2.24) is 0 Å². The monoisotopic (exact) mass is 298 g/mol. The van der Waals surface area contributed by atoms with Gasteiger partial charge in [-0.1, -0.05) is 13.0 Å². The van der Waals surface area contributed by atoms with Crippen molar-refractivity contribution >= 4 is 15.8 Å². The van der Waals surface area contributed by atoms with Crippen molar-refractivity contribution in [3.05, 3.63) is 23.8 Å². The number of hydrogen-bond acceptors (Lipinski definition) is 5. The largest absolute Gasteiger partial charge is 0.481 e. The van der Waals surface area contributed by atoms with Crippen molar-refractivity contribution < 1.29 is 27.8 Å². The molecule has 1 fully saturated rings. The van der Waals surface area contributed by atoms with E-state index in [0.29, 0.717) is 17.1 Å². The van der Waals surface area contributed by atoms with E-state index in [9.17, 15) is 18.3 Å². The molecule has 0 saturated heterocycles. The SMILES string of the molecule is CCS(=O)(=O)C1C(C(=O)O)C1c1ccc2c(c1)OCO2. The molecule has 2 aliphatic rings. The topological polar surface area (TPSA) is 89.9 Å². The molecule has 1 N–H and O–H groups in total. The van der Waals surface area contributed by atoms with Crippen molar-refractivity contribution in [2.75, 3.05) is 12.5 Å². The third kappa shape index (κ3) is 1.93. The van der Waals surface area contributed by atoms with Crippen LogP contribution in [0, 0.1) is 5.92 Å². The number of sulfone groups is 1. The van der Waals surface area contributed by atoms with Crippen molar-refractivity contribution in [3.63, 3.8) is 0 Å². The van der Waals surface area contributed by atoms with Crippen LogP contribution in [0.3, 0.4) is 0 Å². The molecular formula is C13H14O6S. The Kier molecular flexibility index (Phi) is 2.89. The average molecular weight is 298 g/mol. The summed E-state index contributed by atoms with van der Waals surface area (Å²) >= 11 is 0. The van der Waals surface area contributed by atoms with E-state index in [1.165, 1.54) is 6.92 Å². The van der Waals surface area contributed by atoms with Gasteiger partial charge in [-0.05, 0) is 17.7 Å². The van der Waals surface area contributed by atoms with Crippen LogP contribution in [0.1, 0.15) is 18.4 Å². The van der Waals surface area contributed by atoms with Gasteiger partial charge >= 0.3 is 5.97 Å². The molecule has 20 heavy (non-hydrogen) atoms. The first-order valence-corrected chi connectivity index (χ1v) is 8.01. The number of carboxylic acids is 1. The highest BCUT2D eigenvalue weighted by atomic mass is 32.2. The maximum absolute atomic E-state index is 12.0. The molecular weight excluding hydrogens is 284 g/mol. The Labute approximate surface area is 116 Å². The number of carbonyl (C=O) groups is 1. The quantitative estimate of drug-likeness (QED) is 0.892.